The van der Waals surface area contributed by atoms with Gasteiger partial charge in [-0.1, -0.05) is 70.5 Å². The second kappa shape index (κ2) is 8.64. The maximum atomic E-state index is 13.2. The minimum Gasteiger partial charge on any atom is -0.343 e. The van der Waals surface area contributed by atoms with Crippen LogP contribution in [0.4, 0.5) is 4.79 Å². The summed E-state index contributed by atoms with van der Waals surface area (Å²) in [6.07, 6.45) is 0. The van der Waals surface area contributed by atoms with E-state index in [1.807, 2.05) is 53.9 Å². The van der Waals surface area contributed by atoms with E-state index in [2.05, 4.69) is 26.6 Å². The number of thiophene rings is 1. The number of carbonyl (C=O) groups is 3. The van der Waals surface area contributed by atoms with Crippen LogP contribution in [0.15, 0.2) is 76.6 Å². The van der Waals surface area contributed by atoms with Gasteiger partial charge in [0.25, 0.3) is 5.91 Å². The standard InChI is InChI=1S/C23H20BrN3O3S/c1-23(16-10-5-6-11-17(16)24)21(29)27(22(30)26-23)14-19(28)25-20(18-12-7-13-31-18)15-8-3-2-4-9-15/h2-13,20H,14H2,1H3,(H,25,28)(H,26,30)/t20-,23+/m1/s1. The van der Waals surface area contributed by atoms with Gasteiger partial charge < -0.3 is 10.6 Å². The van der Waals surface area contributed by atoms with Gasteiger partial charge in [-0.05, 0) is 30.0 Å². The minimum atomic E-state index is -1.25. The fraction of sp³-hybridized carbons (Fsp3) is 0.174. The lowest BCUT2D eigenvalue weighted by molar-refractivity contribution is -0.135. The van der Waals surface area contributed by atoms with Crippen molar-refractivity contribution in [2.75, 3.05) is 6.54 Å². The number of hydrogen-bond donors (Lipinski definition) is 2. The smallest absolute Gasteiger partial charge is 0.325 e. The molecule has 0 radical (unpaired) electrons. The highest BCUT2D eigenvalue weighted by Gasteiger charge is 2.50. The summed E-state index contributed by atoms with van der Waals surface area (Å²) in [5, 5.41) is 7.65. The monoisotopic (exact) mass is 497 g/mol. The number of halogens is 1. The molecular weight excluding hydrogens is 478 g/mol. The van der Waals surface area contributed by atoms with Crippen LogP contribution in [0.2, 0.25) is 0 Å². The number of amides is 4. The number of nitrogens with one attached hydrogen (secondary N) is 2. The SMILES string of the molecule is C[C@@]1(c2ccccc2Br)NC(=O)N(CC(=O)N[C@H](c2ccccc2)c2cccs2)C1=O. The van der Waals surface area contributed by atoms with Crippen molar-refractivity contribution in [2.24, 2.45) is 0 Å². The molecule has 1 fully saturated rings. The molecule has 0 aliphatic carbocycles. The maximum Gasteiger partial charge on any atom is 0.325 e. The van der Waals surface area contributed by atoms with E-state index >= 15 is 0 Å². The molecular formula is C23H20BrN3O3S. The number of carbonyl (C=O) groups excluding carboxylic acids is 3. The molecule has 0 saturated carbocycles. The molecule has 8 heteroatoms. The molecule has 6 nitrogen and oxygen atoms in total. The zero-order valence-corrected chi connectivity index (χ0v) is 19.1. The third-order valence-corrected chi connectivity index (χ3v) is 6.88. The Labute approximate surface area is 192 Å². The van der Waals surface area contributed by atoms with Gasteiger partial charge in [-0.15, -0.1) is 11.3 Å². The first kappa shape index (κ1) is 21.3. The lowest BCUT2D eigenvalue weighted by atomic mass is 9.92. The second-order valence-corrected chi connectivity index (χ2v) is 9.19. The van der Waals surface area contributed by atoms with Crippen molar-refractivity contribution in [3.05, 3.63) is 92.6 Å². The predicted molar refractivity (Wildman–Crippen MR) is 122 cm³/mol. The van der Waals surface area contributed by atoms with Crippen LogP contribution in [0.1, 0.15) is 29.0 Å². The fourth-order valence-corrected chi connectivity index (χ4v) is 5.14. The largest absolute Gasteiger partial charge is 0.343 e. The number of urea groups is 1. The van der Waals surface area contributed by atoms with Crippen LogP contribution in [0, 0.1) is 0 Å². The summed E-state index contributed by atoms with van der Waals surface area (Å²) >= 11 is 4.97. The van der Waals surface area contributed by atoms with E-state index in [0.29, 0.717) is 10.0 Å². The highest BCUT2D eigenvalue weighted by Crippen LogP contribution is 2.33. The molecule has 158 valence electrons. The van der Waals surface area contributed by atoms with Crippen molar-refractivity contribution < 1.29 is 14.4 Å². The quantitative estimate of drug-likeness (QED) is 0.501. The number of rotatable bonds is 6. The molecule has 3 aromatic rings. The Bertz CT molecular complexity index is 1120. The fourth-order valence-electron chi connectivity index (χ4n) is 3.66. The molecule has 4 amide bonds. The van der Waals surface area contributed by atoms with Gasteiger partial charge in [-0.25, -0.2) is 4.79 Å². The molecule has 1 aromatic heterocycles. The molecule has 2 atom stereocenters. The minimum absolute atomic E-state index is 0.357. The summed E-state index contributed by atoms with van der Waals surface area (Å²) in [4.78, 5) is 40.6. The van der Waals surface area contributed by atoms with Gasteiger partial charge >= 0.3 is 6.03 Å². The average Bonchev–Trinajstić information content (AvgIpc) is 3.37. The van der Waals surface area contributed by atoms with Crippen LogP contribution < -0.4 is 10.6 Å². The van der Waals surface area contributed by atoms with Crippen molar-refractivity contribution in [3.8, 4) is 0 Å². The Balaban J connectivity index is 1.53. The molecule has 0 bridgehead atoms. The van der Waals surface area contributed by atoms with Gasteiger partial charge in [0.05, 0.1) is 6.04 Å². The van der Waals surface area contributed by atoms with Gasteiger partial charge in [0.15, 0.2) is 0 Å². The van der Waals surface area contributed by atoms with Crippen molar-refractivity contribution >= 4 is 45.1 Å². The van der Waals surface area contributed by atoms with Gasteiger partial charge in [0.1, 0.15) is 12.1 Å². The Morgan fingerprint density at radius 3 is 2.48 bits per heavy atom. The van der Waals surface area contributed by atoms with E-state index in [0.717, 1.165) is 15.3 Å². The van der Waals surface area contributed by atoms with E-state index < -0.39 is 23.4 Å². The number of nitrogens with zero attached hydrogens (tertiary/aromatic N) is 1. The van der Waals surface area contributed by atoms with Crippen LogP contribution in [-0.2, 0) is 15.1 Å². The van der Waals surface area contributed by atoms with E-state index in [-0.39, 0.29) is 12.6 Å². The highest BCUT2D eigenvalue weighted by molar-refractivity contribution is 9.10. The third-order valence-electron chi connectivity index (χ3n) is 5.26. The average molecular weight is 498 g/mol. The molecule has 2 N–H and O–H groups in total. The van der Waals surface area contributed by atoms with Crippen molar-refractivity contribution in [2.45, 2.75) is 18.5 Å². The van der Waals surface area contributed by atoms with Crippen molar-refractivity contribution in [3.63, 3.8) is 0 Å². The number of benzene rings is 2. The zero-order chi connectivity index (χ0) is 22.0. The summed E-state index contributed by atoms with van der Waals surface area (Å²) < 4.78 is 0.708. The molecule has 4 rings (SSSR count). The van der Waals surface area contributed by atoms with Gasteiger partial charge in [0, 0.05) is 14.9 Å². The first-order chi connectivity index (χ1) is 14.9. The van der Waals surface area contributed by atoms with Crippen molar-refractivity contribution in [1.82, 2.24) is 15.5 Å². The van der Waals surface area contributed by atoms with Crippen LogP contribution in [0.3, 0.4) is 0 Å². The lowest BCUT2D eigenvalue weighted by Gasteiger charge is -2.24. The number of imide groups is 1. The molecule has 2 heterocycles. The van der Waals surface area contributed by atoms with Crippen LogP contribution in [-0.4, -0.2) is 29.3 Å². The lowest BCUT2D eigenvalue weighted by Crippen LogP contribution is -2.44. The molecule has 31 heavy (non-hydrogen) atoms. The zero-order valence-electron chi connectivity index (χ0n) is 16.7. The molecule has 0 unspecified atom stereocenters. The van der Waals surface area contributed by atoms with Crippen LogP contribution >= 0.6 is 27.3 Å². The first-order valence-electron chi connectivity index (χ1n) is 9.67. The first-order valence-corrected chi connectivity index (χ1v) is 11.3. The summed E-state index contributed by atoms with van der Waals surface area (Å²) in [5.74, 6) is -0.880. The van der Waals surface area contributed by atoms with Crippen LogP contribution in [0.25, 0.3) is 0 Å². The van der Waals surface area contributed by atoms with Crippen molar-refractivity contribution in [1.29, 1.82) is 0 Å². The molecule has 1 saturated heterocycles. The summed E-state index contributed by atoms with van der Waals surface area (Å²) in [6, 6.07) is 19.7. The van der Waals surface area contributed by atoms with Gasteiger partial charge in [-0.2, -0.15) is 0 Å². The number of hydrogen-bond acceptors (Lipinski definition) is 4. The Kier molecular flexibility index (Phi) is 5.93. The summed E-state index contributed by atoms with van der Waals surface area (Å²) in [5.41, 5.74) is 0.315. The van der Waals surface area contributed by atoms with Crippen LogP contribution in [0.5, 0.6) is 0 Å². The van der Waals surface area contributed by atoms with E-state index in [1.54, 1.807) is 25.1 Å². The van der Waals surface area contributed by atoms with E-state index in [9.17, 15) is 14.4 Å². The van der Waals surface area contributed by atoms with E-state index in [1.165, 1.54) is 11.3 Å². The van der Waals surface area contributed by atoms with E-state index in [4.69, 9.17) is 0 Å². The Hall–Kier alpha value is -2.97. The molecule has 1 aliphatic heterocycles. The normalized spacial score (nSPS) is 19.2. The highest BCUT2D eigenvalue weighted by atomic mass is 79.9. The predicted octanol–water partition coefficient (Wildman–Crippen LogP) is 4.18. The summed E-state index contributed by atoms with van der Waals surface area (Å²) in [7, 11) is 0. The molecule has 0 spiro atoms. The topological polar surface area (TPSA) is 78.5 Å². The maximum absolute atomic E-state index is 13.2. The van der Waals surface area contributed by atoms with Gasteiger partial charge in [-0.3, -0.25) is 14.5 Å². The third kappa shape index (κ3) is 4.13. The Morgan fingerprint density at radius 2 is 1.81 bits per heavy atom. The molecule has 1 aliphatic rings. The summed E-state index contributed by atoms with van der Waals surface area (Å²) in [6.45, 7) is 1.28. The second-order valence-electron chi connectivity index (χ2n) is 7.35. The van der Waals surface area contributed by atoms with Gasteiger partial charge in [0.2, 0.25) is 5.91 Å². The Morgan fingerprint density at radius 1 is 1.10 bits per heavy atom. The molecule has 2 aromatic carbocycles.